The van der Waals surface area contributed by atoms with Gasteiger partial charge in [0.15, 0.2) is 5.82 Å². The molecule has 2 aromatic heterocycles. The Morgan fingerprint density at radius 1 is 1.35 bits per heavy atom. The first-order chi connectivity index (χ1) is 8.40. The first kappa shape index (κ1) is 9.35. The van der Waals surface area contributed by atoms with Gasteiger partial charge in [-0.05, 0) is 12.8 Å². The fourth-order valence-corrected chi connectivity index (χ4v) is 2.24. The van der Waals surface area contributed by atoms with Crippen LogP contribution >= 0.6 is 0 Å². The maximum atomic E-state index is 5.34. The molecule has 6 nitrogen and oxygen atoms in total. The molecule has 3 heterocycles. The zero-order valence-electron chi connectivity index (χ0n) is 9.31. The van der Waals surface area contributed by atoms with Gasteiger partial charge in [-0.3, -0.25) is 5.32 Å². The quantitative estimate of drug-likeness (QED) is 0.807. The molecule has 2 aromatic rings. The normalized spacial score (nSPS) is 23.6. The molecule has 1 aliphatic heterocycles. The van der Waals surface area contributed by atoms with E-state index in [0.717, 1.165) is 30.2 Å². The van der Waals surface area contributed by atoms with E-state index in [9.17, 15) is 0 Å². The number of rotatable bonds is 2. The molecule has 0 radical (unpaired) electrons. The predicted octanol–water partition coefficient (Wildman–Crippen LogP) is 1.06. The zero-order valence-corrected chi connectivity index (χ0v) is 9.31. The molecule has 0 saturated heterocycles. The van der Waals surface area contributed by atoms with Gasteiger partial charge < -0.3 is 9.51 Å². The molecule has 6 heteroatoms. The summed E-state index contributed by atoms with van der Waals surface area (Å²) in [5, 5.41) is 7.43. The van der Waals surface area contributed by atoms with E-state index >= 15 is 0 Å². The van der Waals surface area contributed by atoms with Gasteiger partial charge in [0.1, 0.15) is 0 Å². The highest BCUT2D eigenvalue weighted by atomic mass is 16.5. The summed E-state index contributed by atoms with van der Waals surface area (Å²) in [6, 6.07) is 0.103. The molecule has 1 fully saturated rings. The Bertz CT molecular complexity index is 542. The van der Waals surface area contributed by atoms with E-state index in [1.165, 1.54) is 12.8 Å². The van der Waals surface area contributed by atoms with E-state index in [1.54, 1.807) is 6.33 Å². The van der Waals surface area contributed by atoms with Crippen LogP contribution in [0.15, 0.2) is 10.9 Å². The number of nitrogens with zero attached hydrogens (tertiary/aromatic N) is 3. The zero-order chi connectivity index (χ0) is 11.2. The van der Waals surface area contributed by atoms with Crippen LogP contribution in [-0.2, 0) is 13.0 Å². The Kier molecular flexibility index (Phi) is 1.87. The minimum absolute atomic E-state index is 0.103. The molecule has 1 saturated carbocycles. The number of nitrogens with one attached hydrogen (secondary N) is 2. The van der Waals surface area contributed by atoms with Gasteiger partial charge in [-0.25, -0.2) is 4.98 Å². The van der Waals surface area contributed by atoms with E-state index in [-0.39, 0.29) is 6.04 Å². The maximum Gasteiger partial charge on any atom is 0.244 e. The van der Waals surface area contributed by atoms with Crippen molar-refractivity contribution in [3.05, 3.63) is 29.4 Å². The largest absolute Gasteiger partial charge is 0.347 e. The van der Waals surface area contributed by atoms with Crippen molar-refractivity contribution in [2.45, 2.75) is 37.8 Å². The van der Waals surface area contributed by atoms with E-state index in [4.69, 9.17) is 4.52 Å². The molecular weight excluding hydrogens is 218 g/mol. The van der Waals surface area contributed by atoms with Crippen molar-refractivity contribution in [2.24, 2.45) is 0 Å². The highest BCUT2D eigenvalue weighted by Crippen LogP contribution is 2.38. The van der Waals surface area contributed by atoms with Crippen molar-refractivity contribution in [1.29, 1.82) is 0 Å². The molecule has 0 bridgehead atoms. The average molecular weight is 231 g/mol. The Morgan fingerprint density at radius 3 is 3.18 bits per heavy atom. The molecule has 2 N–H and O–H groups in total. The standard InChI is InChI=1S/C11H13N5O/c1-2-6(1)10-15-11(17-16-10)8-3-7-9(4-12-8)14-5-13-7/h5-6,8,12H,1-4H2,(H,13,14)/t8-/m0/s1. The van der Waals surface area contributed by atoms with Crippen molar-refractivity contribution < 1.29 is 4.52 Å². The van der Waals surface area contributed by atoms with Crippen LogP contribution in [-0.4, -0.2) is 20.1 Å². The molecule has 0 unspecified atom stereocenters. The summed E-state index contributed by atoms with van der Waals surface area (Å²) in [6.07, 6.45) is 4.93. The molecular formula is C11H13N5O. The molecule has 0 aromatic carbocycles. The highest BCUT2D eigenvalue weighted by Gasteiger charge is 2.31. The first-order valence-corrected chi connectivity index (χ1v) is 5.98. The van der Waals surface area contributed by atoms with E-state index in [0.29, 0.717) is 11.8 Å². The van der Waals surface area contributed by atoms with E-state index in [2.05, 4.69) is 25.4 Å². The summed E-state index contributed by atoms with van der Waals surface area (Å²) in [5.74, 6) is 2.10. The number of hydrogen-bond donors (Lipinski definition) is 2. The second-order valence-corrected chi connectivity index (χ2v) is 4.73. The summed E-state index contributed by atoms with van der Waals surface area (Å²) in [6.45, 7) is 0.779. The van der Waals surface area contributed by atoms with Gasteiger partial charge in [-0.2, -0.15) is 4.98 Å². The van der Waals surface area contributed by atoms with Crippen LogP contribution in [0.2, 0.25) is 0 Å². The molecule has 0 amide bonds. The van der Waals surface area contributed by atoms with Crippen LogP contribution in [0.3, 0.4) is 0 Å². The Balaban J connectivity index is 1.58. The fraction of sp³-hybridized carbons (Fsp3) is 0.545. The van der Waals surface area contributed by atoms with Gasteiger partial charge in [-0.15, -0.1) is 0 Å². The second kappa shape index (κ2) is 3.40. The molecule has 0 spiro atoms. The molecule has 88 valence electrons. The topological polar surface area (TPSA) is 79.6 Å². The van der Waals surface area contributed by atoms with Gasteiger partial charge in [0.2, 0.25) is 5.89 Å². The summed E-state index contributed by atoms with van der Waals surface area (Å²) < 4.78 is 5.34. The molecule has 1 aliphatic carbocycles. The lowest BCUT2D eigenvalue weighted by molar-refractivity contribution is 0.317. The summed E-state index contributed by atoms with van der Waals surface area (Å²) in [4.78, 5) is 11.9. The molecule has 4 rings (SSSR count). The van der Waals surface area contributed by atoms with Crippen LogP contribution in [0.5, 0.6) is 0 Å². The Hall–Kier alpha value is -1.69. The van der Waals surface area contributed by atoms with Crippen molar-refractivity contribution in [1.82, 2.24) is 25.4 Å². The van der Waals surface area contributed by atoms with Gasteiger partial charge in [0.25, 0.3) is 0 Å². The second-order valence-electron chi connectivity index (χ2n) is 4.73. The summed E-state index contributed by atoms with van der Waals surface area (Å²) in [7, 11) is 0. The van der Waals surface area contributed by atoms with Crippen molar-refractivity contribution in [3.8, 4) is 0 Å². The summed E-state index contributed by atoms with van der Waals surface area (Å²) >= 11 is 0. The van der Waals surface area contributed by atoms with Crippen LogP contribution in [0.25, 0.3) is 0 Å². The fourth-order valence-electron chi connectivity index (χ4n) is 2.24. The Morgan fingerprint density at radius 2 is 2.29 bits per heavy atom. The van der Waals surface area contributed by atoms with Crippen molar-refractivity contribution in [2.75, 3.05) is 0 Å². The van der Waals surface area contributed by atoms with Gasteiger partial charge in [0.05, 0.1) is 23.8 Å². The smallest absolute Gasteiger partial charge is 0.244 e. The Labute approximate surface area is 97.8 Å². The maximum absolute atomic E-state index is 5.34. The van der Waals surface area contributed by atoms with Crippen molar-refractivity contribution >= 4 is 0 Å². The predicted molar refractivity (Wildman–Crippen MR) is 58.1 cm³/mol. The third kappa shape index (κ3) is 1.56. The van der Waals surface area contributed by atoms with E-state index in [1.807, 2.05) is 0 Å². The third-order valence-electron chi connectivity index (χ3n) is 3.43. The number of aromatic nitrogens is 4. The van der Waals surface area contributed by atoms with Gasteiger partial charge in [0, 0.05) is 18.9 Å². The van der Waals surface area contributed by atoms with Crippen LogP contribution < -0.4 is 5.32 Å². The van der Waals surface area contributed by atoms with Crippen LogP contribution in [0.1, 0.15) is 47.9 Å². The number of H-pyrrole nitrogens is 1. The summed E-state index contributed by atoms with van der Waals surface area (Å²) in [5.41, 5.74) is 2.25. The minimum atomic E-state index is 0.103. The van der Waals surface area contributed by atoms with Crippen LogP contribution in [0, 0.1) is 0 Å². The SMILES string of the molecule is c1nc2c([nH]1)CN[C@H](c1nc(C3CC3)no1)C2. The lowest BCUT2D eigenvalue weighted by Crippen LogP contribution is -2.28. The van der Waals surface area contributed by atoms with Crippen LogP contribution in [0.4, 0.5) is 0 Å². The minimum Gasteiger partial charge on any atom is -0.347 e. The lowest BCUT2D eigenvalue weighted by atomic mass is 10.1. The van der Waals surface area contributed by atoms with Gasteiger partial charge >= 0.3 is 0 Å². The monoisotopic (exact) mass is 231 g/mol. The number of fused-ring (bicyclic) bond motifs is 1. The molecule has 2 aliphatic rings. The van der Waals surface area contributed by atoms with Gasteiger partial charge in [-0.1, -0.05) is 5.16 Å². The number of aromatic amines is 1. The number of hydrogen-bond acceptors (Lipinski definition) is 5. The van der Waals surface area contributed by atoms with E-state index < -0.39 is 0 Å². The average Bonchev–Trinajstić information content (AvgIpc) is 2.93. The highest BCUT2D eigenvalue weighted by molar-refractivity contribution is 5.18. The first-order valence-electron chi connectivity index (χ1n) is 5.98. The molecule has 1 atom stereocenters. The third-order valence-corrected chi connectivity index (χ3v) is 3.43. The number of imidazole rings is 1. The lowest BCUT2D eigenvalue weighted by Gasteiger charge is -2.19. The molecule has 17 heavy (non-hydrogen) atoms. The van der Waals surface area contributed by atoms with Crippen molar-refractivity contribution in [3.63, 3.8) is 0 Å².